The lowest BCUT2D eigenvalue weighted by Gasteiger charge is -1.94. The number of nitrogens with one attached hydrogen (secondary N) is 2. The van der Waals surface area contributed by atoms with Gasteiger partial charge in [0.05, 0.1) is 0 Å². The minimum Gasteiger partial charge on any atom is -0.293 e. The second-order valence-electron chi connectivity index (χ2n) is 0.965. The van der Waals surface area contributed by atoms with Gasteiger partial charge in [0.2, 0.25) is 0 Å². The van der Waals surface area contributed by atoms with Gasteiger partial charge < -0.3 is 0 Å². The van der Waals surface area contributed by atoms with Crippen molar-refractivity contribution in [2.45, 2.75) is 0 Å². The molecule has 0 atom stereocenters. The Labute approximate surface area is 76.8 Å². The zero-order chi connectivity index (χ0) is 7.98. The second-order valence-corrected chi connectivity index (χ2v) is 3.49. The summed E-state index contributed by atoms with van der Waals surface area (Å²) >= 11 is 6.93. The van der Waals surface area contributed by atoms with Crippen molar-refractivity contribution in [2.24, 2.45) is 0 Å². The molecule has 0 radical (unpaired) electrons. The van der Waals surface area contributed by atoms with Gasteiger partial charge in [-0.2, -0.15) is 0 Å². The number of amides is 2. The Morgan fingerprint density at radius 2 is 1.30 bits per heavy atom. The highest BCUT2D eigenvalue weighted by Gasteiger charge is 2.04. The van der Waals surface area contributed by atoms with Crippen LogP contribution in [0, 0.1) is 0 Å². The van der Waals surface area contributed by atoms with Crippen molar-refractivity contribution in [2.75, 3.05) is 0 Å². The molecule has 0 spiro atoms. The van der Waals surface area contributed by atoms with E-state index in [1.807, 2.05) is 9.44 Å². The van der Waals surface area contributed by atoms with Crippen LogP contribution in [0.15, 0.2) is 0 Å². The van der Waals surface area contributed by atoms with Crippen LogP contribution >= 0.6 is 47.2 Å². The molecule has 0 aliphatic heterocycles. The maximum absolute atomic E-state index is 10.4. The van der Waals surface area contributed by atoms with Crippen molar-refractivity contribution in [3.63, 3.8) is 0 Å². The average molecular weight is 216 g/mol. The van der Waals surface area contributed by atoms with Gasteiger partial charge in [-0.05, 0) is 0 Å². The van der Waals surface area contributed by atoms with E-state index in [0.29, 0.717) is 0 Å². The zero-order valence-corrected chi connectivity index (χ0v) is 7.95. The molecule has 0 heterocycles. The average Bonchev–Trinajstić information content (AvgIpc) is 1.99. The van der Waals surface area contributed by atoms with Gasteiger partial charge in [0.1, 0.15) is 0 Å². The molecule has 0 aromatic heterocycles. The number of rotatable bonds is 0. The standard InChI is InChI=1S/C2H4N2O2S4/c5-1(3-7)9-10-2(6)4-8/h7-8H,(H,3,5)(H,4,6). The summed E-state index contributed by atoms with van der Waals surface area (Å²) < 4.78 is 4.07. The molecule has 0 aromatic rings. The van der Waals surface area contributed by atoms with E-state index in [1.165, 1.54) is 0 Å². The molecule has 0 aromatic carbocycles. The van der Waals surface area contributed by atoms with E-state index in [4.69, 9.17) is 0 Å². The van der Waals surface area contributed by atoms with E-state index >= 15 is 0 Å². The number of hydrogen-bond acceptors (Lipinski definition) is 6. The fraction of sp³-hybridized carbons (Fsp3) is 0. The summed E-state index contributed by atoms with van der Waals surface area (Å²) in [5.41, 5.74) is 0. The maximum Gasteiger partial charge on any atom is 0.299 e. The fourth-order valence-electron chi connectivity index (χ4n) is 0.113. The molecular formula is C2H4N2O2S4. The highest BCUT2D eigenvalue weighted by Crippen LogP contribution is 2.22. The predicted octanol–water partition coefficient (Wildman–Crippen LogP) is 1.48. The van der Waals surface area contributed by atoms with Crippen molar-refractivity contribution >= 4 is 57.7 Å². The van der Waals surface area contributed by atoms with Crippen LogP contribution in [0.1, 0.15) is 0 Å². The SMILES string of the molecule is O=C(NS)SSC(=O)NS. The lowest BCUT2D eigenvalue weighted by atomic mass is 11.5. The van der Waals surface area contributed by atoms with E-state index < -0.39 is 10.5 Å². The van der Waals surface area contributed by atoms with E-state index in [-0.39, 0.29) is 0 Å². The molecule has 0 aliphatic rings. The molecule has 8 heteroatoms. The molecule has 2 amide bonds. The monoisotopic (exact) mass is 216 g/mol. The molecule has 4 nitrogen and oxygen atoms in total. The molecule has 0 saturated carbocycles. The normalized spacial score (nSPS) is 8.60. The third kappa shape index (κ3) is 5.15. The molecule has 0 unspecified atom stereocenters. The van der Waals surface area contributed by atoms with Gasteiger partial charge in [-0.1, -0.05) is 25.6 Å². The Hall–Kier alpha value is 0.340. The summed E-state index contributed by atoms with van der Waals surface area (Å²) in [5.74, 6) is 0. The lowest BCUT2D eigenvalue weighted by Crippen LogP contribution is -2.07. The molecule has 0 saturated heterocycles. The van der Waals surface area contributed by atoms with E-state index in [0.717, 1.165) is 21.6 Å². The fourth-order valence-corrected chi connectivity index (χ4v) is 1.69. The van der Waals surface area contributed by atoms with Crippen molar-refractivity contribution in [3.8, 4) is 0 Å². The van der Waals surface area contributed by atoms with Gasteiger partial charge in [-0.15, -0.1) is 0 Å². The van der Waals surface area contributed by atoms with Crippen LogP contribution in [-0.2, 0) is 0 Å². The van der Waals surface area contributed by atoms with Crippen LogP contribution in [0.3, 0.4) is 0 Å². The van der Waals surface area contributed by atoms with Crippen LogP contribution in [0.5, 0.6) is 0 Å². The molecule has 0 bridgehead atoms. The Balaban J connectivity index is 3.35. The van der Waals surface area contributed by atoms with E-state index in [9.17, 15) is 9.59 Å². The van der Waals surface area contributed by atoms with Crippen molar-refractivity contribution < 1.29 is 9.59 Å². The first-order chi connectivity index (χ1) is 4.70. The molecule has 0 aliphatic carbocycles. The second kappa shape index (κ2) is 6.08. The van der Waals surface area contributed by atoms with Gasteiger partial charge in [0, 0.05) is 21.6 Å². The van der Waals surface area contributed by atoms with Crippen LogP contribution in [-0.4, -0.2) is 10.5 Å². The molecule has 0 rings (SSSR count). The summed E-state index contributed by atoms with van der Waals surface area (Å²) in [6.07, 6.45) is 0. The number of thiol groups is 2. The highest BCUT2D eigenvalue weighted by atomic mass is 33.1. The third-order valence-corrected chi connectivity index (χ3v) is 2.83. The van der Waals surface area contributed by atoms with Gasteiger partial charge in [0.25, 0.3) is 10.5 Å². The summed E-state index contributed by atoms with van der Waals surface area (Å²) in [6, 6.07) is 0. The smallest absolute Gasteiger partial charge is 0.293 e. The van der Waals surface area contributed by atoms with Crippen LogP contribution in [0.4, 0.5) is 9.59 Å². The lowest BCUT2D eigenvalue weighted by molar-refractivity contribution is 0.264. The first-order valence-electron chi connectivity index (χ1n) is 1.93. The zero-order valence-electron chi connectivity index (χ0n) is 4.53. The maximum atomic E-state index is 10.4. The van der Waals surface area contributed by atoms with Crippen LogP contribution < -0.4 is 9.44 Å². The number of carbonyl (C=O) groups excluding carboxylic acids is 2. The summed E-state index contributed by atoms with van der Waals surface area (Å²) in [5, 5.41) is -0.796. The third-order valence-electron chi connectivity index (χ3n) is 0.376. The molecule has 10 heavy (non-hydrogen) atoms. The van der Waals surface area contributed by atoms with Crippen molar-refractivity contribution in [3.05, 3.63) is 0 Å². The highest BCUT2D eigenvalue weighted by molar-refractivity contribution is 8.87. The minimum atomic E-state index is -0.398. The van der Waals surface area contributed by atoms with E-state index in [1.54, 1.807) is 0 Å². The van der Waals surface area contributed by atoms with Gasteiger partial charge >= 0.3 is 0 Å². The van der Waals surface area contributed by atoms with Crippen LogP contribution in [0.2, 0.25) is 0 Å². The van der Waals surface area contributed by atoms with E-state index in [2.05, 4.69) is 25.6 Å². The first-order valence-corrected chi connectivity index (χ1v) is 4.97. The largest absolute Gasteiger partial charge is 0.299 e. The Morgan fingerprint density at radius 1 is 1.00 bits per heavy atom. The topological polar surface area (TPSA) is 58.2 Å². The van der Waals surface area contributed by atoms with Gasteiger partial charge in [-0.3, -0.25) is 19.0 Å². The van der Waals surface area contributed by atoms with Gasteiger partial charge in [0.15, 0.2) is 0 Å². The quantitative estimate of drug-likeness (QED) is 0.366. The number of carbonyl (C=O) groups is 2. The Kier molecular flexibility index (Phi) is 6.28. The molecule has 0 fully saturated rings. The summed E-state index contributed by atoms with van der Waals surface area (Å²) in [6.45, 7) is 0. The molecule has 58 valence electrons. The summed E-state index contributed by atoms with van der Waals surface area (Å²) in [4.78, 5) is 20.8. The van der Waals surface area contributed by atoms with Gasteiger partial charge in [-0.25, -0.2) is 0 Å². The molecule has 2 N–H and O–H groups in total. The minimum absolute atomic E-state index is 0.398. The van der Waals surface area contributed by atoms with Crippen molar-refractivity contribution in [1.82, 2.24) is 9.44 Å². The number of hydrogen-bond donors (Lipinski definition) is 4. The first kappa shape index (κ1) is 10.3. The molecular weight excluding hydrogens is 212 g/mol. The Morgan fingerprint density at radius 3 is 1.50 bits per heavy atom. The predicted molar refractivity (Wildman–Crippen MR) is 50.2 cm³/mol. The summed E-state index contributed by atoms with van der Waals surface area (Å²) in [7, 11) is 1.48. The Bertz CT molecular complexity index is 123. The van der Waals surface area contributed by atoms with Crippen LogP contribution in [0.25, 0.3) is 0 Å². The van der Waals surface area contributed by atoms with Crippen molar-refractivity contribution in [1.29, 1.82) is 0 Å².